The molecule has 1 aromatic heterocycles. The van der Waals surface area contributed by atoms with Crippen LogP contribution in [0.4, 0.5) is 13.2 Å². The van der Waals surface area contributed by atoms with Gasteiger partial charge < -0.3 is 14.6 Å². The number of fused-ring (bicyclic) bond motifs is 1. The normalized spacial score (nSPS) is 15.3. The summed E-state index contributed by atoms with van der Waals surface area (Å²) in [5.74, 6) is -0.735. The van der Waals surface area contributed by atoms with E-state index < -0.39 is 17.7 Å². The number of rotatable bonds is 9. The predicted octanol–water partition coefficient (Wildman–Crippen LogP) is 5.99. The fraction of sp³-hybridized carbons (Fsp3) is 0.344. The number of carbonyl (C=O) groups excluding carboxylic acids is 1. The minimum atomic E-state index is -4.47. The van der Waals surface area contributed by atoms with Gasteiger partial charge in [0.2, 0.25) is 5.91 Å². The van der Waals surface area contributed by atoms with Crippen LogP contribution in [0.15, 0.2) is 79.0 Å². The van der Waals surface area contributed by atoms with Crippen LogP contribution in [0.3, 0.4) is 0 Å². The number of carbonyl (C=O) groups is 1. The second-order valence-electron chi connectivity index (χ2n) is 10.4. The molecule has 0 saturated carbocycles. The van der Waals surface area contributed by atoms with Crippen LogP contribution in [0.1, 0.15) is 40.2 Å². The van der Waals surface area contributed by atoms with Crippen molar-refractivity contribution in [1.82, 2.24) is 14.8 Å². The largest absolute Gasteiger partial charge is 0.416 e. The summed E-state index contributed by atoms with van der Waals surface area (Å²) in [5, 5.41) is 3.92. The Morgan fingerprint density at radius 2 is 1.75 bits per heavy atom. The number of benzene rings is 3. The molecule has 210 valence electrons. The Morgan fingerprint density at radius 1 is 1.00 bits per heavy atom. The van der Waals surface area contributed by atoms with E-state index in [9.17, 15) is 18.0 Å². The van der Waals surface area contributed by atoms with Crippen LogP contribution in [0.5, 0.6) is 0 Å². The van der Waals surface area contributed by atoms with Crippen molar-refractivity contribution in [2.24, 2.45) is 0 Å². The van der Waals surface area contributed by atoms with Crippen molar-refractivity contribution in [3.05, 3.63) is 107 Å². The quantitative estimate of drug-likeness (QED) is 0.279. The summed E-state index contributed by atoms with van der Waals surface area (Å²) >= 11 is 0. The molecule has 0 radical (unpaired) electrons. The SMILES string of the molecule is Cc1ccc(Cn2cc([C@H](CC(=O)NCCN3CCOCC3)c3cccc(C(F)(F)F)c3)c3ccccc32)cc1. The molecule has 0 spiro atoms. The standard InChI is InChI=1S/C32H34F3N3O2/c1-23-9-11-24(12-10-23)21-38-22-29(27-7-2-3-8-30(27)38)28(25-5-4-6-26(19-25)32(33,34)35)20-31(39)36-13-14-37-15-17-40-18-16-37/h2-12,19,22,28H,13-18,20-21H2,1H3,(H,36,39)/t28-/m1/s1. The summed E-state index contributed by atoms with van der Waals surface area (Å²) in [6, 6.07) is 21.5. The van der Waals surface area contributed by atoms with Gasteiger partial charge in [-0.15, -0.1) is 0 Å². The van der Waals surface area contributed by atoms with Gasteiger partial charge in [-0.3, -0.25) is 9.69 Å². The Morgan fingerprint density at radius 3 is 2.50 bits per heavy atom. The van der Waals surface area contributed by atoms with Crippen LogP contribution in [-0.4, -0.2) is 54.8 Å². The number of ether oxygens (including phenoxy) is 1. The number of aromatic nitrogens is 1. The number of aryl methyl sites for hydroxylation is 1. The molecular weight excluding hydrogens is 515 g/mol. The van der Waals surface area contributed by atoms with Gasteiger partial charge in [0.1, 0.15) is 0 Å². The van der Waals surface area contributed by atoms with Crippen LogP contribution < -0.4 is 5.32 Å². The van der Waals surface area contributed by atoms with Crippen LogP contribution in [-0.2, 0) is 22.3 Å². The zero-order valence-corrected chi connectivity index (χ0v) is 22.6. The molecule has 5 nitrogen and oxygen atoms in total. The lowest BCUT2D eigenvalue weighted by molar-refractivity contribution is -0.137. The Hall–Kier alpha value is -3.62. The van der Waals surface area contributed by atoms with Crippen molar-refractivity contribution < 1.29 is 22.7 Å². The minimum Gasteiger partial charge on any atom is -0.379 e. The number of amides is 1. The van der Waals surface area contributed by atoms with E-state index in [2.05, 4.69) is 39.0 Å². The first-order chi connectivity index (χ1) is 19.3. The summed E-state index contributed by atoms with van der Waals surface area (Å²) in [6.45, 7) is 6.84. The number of alkyl halides is 3. The summed E-state index contributed by atoms with van der Waals surface area (Å²) in [5.41, 5.74) is 3.86. The lowest BCUT2D eigenvalue weighted by atomic mass is 9.87. The van der Waals surface area contributed by atoms with Gasteiger partial charge in [-0.1, -0.05) is 66.2 Å². The van der Waals surface area contributed by atoms with Crippen LogP contribution >= 0.6 is 0 Å². The molecule has 1 aliphatic heterocycles. The highest BCUT2D eigenvalue weighted by Gasteiger charge is 2.32. The van der Waals surface area contributed by atoms with Crippen LogP contribution in [0, 0.1) is 6.92 Å². The number of hydrogen-bond acceptors (Lipinski definition) is 3. The first-order valence-electron chi connectivity index (χ1n) is 13.7. The molecule has 1 amide bonds. The number of morpholine rings is 1. The van der Waals surface area contributed by atoms with Gasteiger partial charge >= 0.3 is 6.18 Å². The molecule has 0 unspecified atom stereocenters. The van der Waals surface area contributed by atoms with Gasteiger partial charge in [-0.05, 0) is 35.7 Å². The summed E-state index contributed by atoms with van der Waals surface area (Å²) in [4.78, 5) is 15.4. The van der Waals surface area contributed by atoms with Gasteiger partial charge in [0.05, 0.1) is 18.8 Å². The van der Waals surface area contributed by atoms with Gasteiger partial charge in [-0.25, -0.2) is 0 Å². The molecule has 1 N–H and O–H groups in total. The molecule has 1 fully saturated rings. The molecule has 2 heterocycles. The Bertz CT molecular complexity index is 1440. The van der Waals surface area contributed by atoms with Crippen LogP contribution in [0.25, 0.3) is 10.9 Å². The van der Waals surface area contributed by atoms with Crippen LogP contribution in [0.2, 0.25) is 0 Å². The summed E-state index contributed by atoms with van der Waals surface area (Å²) in [7, 11) is 0. The average Bonchev–Trinajstić information content (AvgIpc) is 3.31. The molecule has 3 aromatic carbocycles. The Balaban J connectivity index is 1.46. The second kappa shape index (κ2) is 12.3. The molecule has 1 aliphatic rings. The van der Waals surface area contributed by atoms with Gasteiger partial charge in [0, 0.05) is 62.2 Å². The van der Waals surface area contributed by atoms with Gasteiger partial charge in [-0.2, -0.15) is 13.2 Å². The number of para-hydroxylation sites is 1. The highest BCUT2D eigenvalue weighted by molar-refractivity contribution is 5.86. The maximum atomic E-state index is 13.7. The maximum absolute atomic E-state index is 13.7. The molecule has 1 saturated heterocycles. The van der Waals surface area contributed by atoms with E-state index >= 15 is 0 Å². The molecule has 1 atom stereocenters. The molecule has 8 heteroatoms. The van der Waals surface area contributed by atoms with Gasteiger partial charge in [0.25, 0.3) is 0 Å². The van der Waals surface area contributed by atoms with Crippen molar-refractivity contribution in [3.63, 3.8) is 0 Å². The fourth-order valence-electron chi connectivity index (χ4n) is 5.35. The Kier molecular flexibility index (Phi) is 8.57. The van der Waals surface area contributed by atoms with Crippen molar-refractivity contribution in [2.75, 3.05) is 39.4 Å². The molecule has 0 aliphatic carbocycles. The van der Waals surface area contributed by atoms with Crippen molar-refractivity contribution in [1.29, 1.82) is 0 Å². The minimum absolute atomic E-state index is 0.0446. The number of nitrogens with one attached hydrogen (secondary N) is 1. The van der Waals surface area contributed by atoms with E-state index in [0.29, 0.717) is 38.4 Å². The molecular formula is C32H34F3N3O2. The highest BCUT2D eigenvalue weighted by Crippen LogP contribution is 2.38. The van der Waals surface area contributed by atoms with E-state index in [-0.39, 0.29) is 12.3 Å². The van der Waals surface area contributed by atoms with Crippen molar-refractivity contribution >= 4 is 16.8 Å². The molecule has 4 aromatic rings. The third kappa shape index (κ3) is 6.74. The van der Waals surface area contributed by atoms with E-state index in [1.165, 1.54) is 17.7 Å². The third-order valence-electron chi connectivity index (χ3n) is 7.53. The maximum Gasteiger partial charge on any atom is 0.416 e. The van der Waals surface area contributed by atoms with Gasteiger partial charge in [0.15, 0.2) is 0 Å². The van der Waals surface area contributed by atoms with E-state index in [0.717, 1.165) is 41.2 Å². The van der Waals surface area contributed by atoms with Crippen molar-refractivity contribution in [2.45, 2.75) is 32.0 Å². The lowest BCUT2D eigenvalue weighted by Gasteiger charge is -2.26. The molecule has 5 rings (SSSR count). The fourth-order valence-corrected chi connectivity index (χ4v) is 5.35. The zero-order valence-electron chi connectivity index (χ0n) is 22.6. The lowest BCUT2D eigenvalue weighted by Crippen LogP contribution is -2.41. The predicted molar refractivity (Wildman–Crippen MR) is 150 cm³/mol. The summed E-state index contributed by atoms with van der Waals surface area (Å²) in [6.07, 6.45) is -2.43. The third-order valence-corrected chi connectivity index (χ3v) is 7.53. The first-order valence-corrected chi connectivity index (χ1v) is 13.7. The van der Waals surface area contributed by atoms with Crippen molar-refractivity contribution in [3.8, 4) is 0 Å². The topological polar surface area (TPSA) is 46.5 Å². The van der Waals surface area contributed by atoms with E-state index in [1.54, 1.807) is 6.07 Å². The second-order valence-corrected chi connectivity index (χ2v) is 10.4. The summed E-state index contributed by atoms with van der Waals surface area (Å²) < 4.78 is 48.5. The zero-order chi connectivity index (χ0) is 28.1. The monoisotopic (exact) mass is 549 g/mol. The first kappa shape index (κ1) is 27.9. The molecule has 0 bridgehead atoms. The Labute approximate surface area is 232 Å². The smallest absolute Gasteiger partial charge is 0.379 e. The average molecular weight is 550 g/mol. The highest BCUT2D eigenvalue weighted by atomic mass is 19.4. The van der Waals surface area contributed by atoms with E-state index in [1.807, 2.05) is 37.4 Å². The number of nitrogens with zero attached hydrogens (tertiary/aromatic N) is 2. The molecule has 40 heavy (non-hydrogen) atoms. The number of halogens is 3. The number of hydrogen-bond donors (Lipinski definition) is 1. The van der Waals surface area contributed by atoms with E-state index in [4.69, 9.17) is 4.74 Å².